The second-order valence-electron chi connectivity index (χ2n) is 7.25. The highest BCUT2D eigenvalue weighted by atomic mass is 32.2. The molecule has 2 aliphatic rings. The predicted octanol–water partition coefficient (Wildman–Crippen LogP) is 4.60. The van der Waals surface area contributed by atoms with Gasteiger partial charge in [-0.15, -0.1) is 0 Å². The second-order valence-corrected chi connectivity index (χ2v) is 9.13. The zero-order chi connectivity index (χ0) is 19.5. The van der Waals surface area contributed by atoms with Gasteiger partial charge < -0.3 is 9.80 Å². The molecule has 0 bridgehead atoms. The van der Waals surface area contributed by atoms with Crippen molar-refractivity contribution in [2.24, 2.45) is 0 Å². The molecule has 2 aliphatic heterocycles. The highest BCUT2D eigenvalue weighted by Crippen LogP contribution is 2.45. The second kappa shape index (κ2) is 5.97. The van der Waals surface area contributed by atoms with E-state index in [9.17, 15) is 8.42 Å². The van der Waals surface area contributed by atoms with E-state index in [-0.39, 0.29) is 0 Å². The van der Waals surface area contributed by atoms with Crippen LogP contribution in [0.2, 0.25) is 0 Å². The Labute approximate surface area is 165 Å². The smallest absolute Gasteiger partial charge is 0.207 e. The number of anilines is 1. The van der Waals surface area contributed by atoms with Crippen molar-refractivity contribution in [3.05, 3.63) is 84.1 Å². The molecule has 0 aromatic heterocycles. The van der Waals surface area contributed by atoms with E-state index in [2.05, 4.69) is 35.9 Å². The molecule has 0 saturated carbocycles. The van der Waals surface area contributed by atoms with Gasteiger partial charge in [-0.05, 0) is 37.3 Å². The van der Waals surface area contributed by atoms with Gasteiger partial charge in [0.1, 0.15) is 0 Å². The number of rotatable bonds is 2. The highest BCUT2D eigenvalue weighted by molar-refractivity contribution is 7.92. The molecule has 5 rings (SSSR count). The van der Waals surface area contributed by atoms with E-state index in [4.69, 9.17) is 0 Å². The number of benzene rings is 3. The molecule has 0 fully saturated rings. The minimum absolute atomic E-state index is 0.399. The summed E-state index contributed by atoms with van der Waals surface area (Å²) in [5.74, 6) is 0. The molecule has 0 spiro atoms. The van der Waals surface area contributed by atoms with E-state index in [1.165, 1.54) is 0 Å². The maximum atomic E-state index is 12.8. The number of fused-ring (bicyclic) bond motifs is 3. The molecular formula is C23H20N2O2S. The third-order valence-corrected chi connectivity index (χ3v) is 7.43. The lowest BCUT2D eigenvalue weighted by Gasteiger charge is -2.20. The van der Waals surface area contributed by atoms with Gasteiger partial charge in [0.05, 0.1) is 22.2 Å². The normalized spacial score (nSPS) is 17.1. The molecule has 28 heavy (non-hydrogen) atoms. The molecule has 2 heterocycles. The zero-order valence-electron chi connectivity index (χ0n) is 15.8. The van der Waals surface area contributed by atoms with Crippen molar-refractivity contribution in [2.45, 2.75) is 16.7 Å². The van der Waals surface area contributed by atoms with Crippen LogP contribution >= 0.6 is 0 Å². The lowest BCUT2D eigenvalue weighted by atomic mass is 10.0. The molecule has 3 aromatic carbocycles. The Morgan fingerprint density at radius 3 is 2.29 bits per heavy atom. The van der Waals surface area contributed by atoms with Crippen LogP contribution in [0.25, 0.3) is 16.8 Å². The molecule has 0 aliphatic carbocycles. The fourth-order valence-corrected chi connectivity index (χ4v) is 5.94. The fourth-order valence-electron chi connectivity index (χ4n) is 4.27. The van der Waals surface area contributed by atoms with Crippen molar-refractivity contribution in [2.75, 3.05) is 18.6 Å². The van der Waals surface area contributed by atoms with Gasteiger partial charge in [-0.25, -0.2) is 8.42 Å². The van der Waals surface area contributed by atoms with Gasteiger partial charge >= 0.3 is 0 Å². The van der Waals surface area contributed by atoms with Crippen LogP contribution in [0.5, 0.6) is 0 Å². The number of hydrogen-bond donors (Lipinski definition) is 0. The molecule has 4 nitrogen and oxygen atoms in total. The van der Waals surface area contributed by atoms with Crippen LogP contribution in [0.3, 0.4) is 0 Å². The van der Waals surface area contributed by atoms with Crippen molar-refractivity contribution in [3.63, 3.8) is 0 Å². The maximum absolute atomic E-state index is 12.8. The first-order valence-electron chi connectivity index (χ1n) is 9.22. The van der Waals surface area contributed by atoms with Crippen molar-refractivity contribution in [3.8, 4) is 11.1 Å². The maximum Gasteiger partial charge on any atom is 0.207 e. The minimum atomic E-state index is -3.43. The lowest BCUT2D eigenvalue weighted by molar-refractivity contribution is 0.516. The van der Waals surface area contributed by atoms with Crippen LogP contribution in [0, 0.1) is 0 Å². The quantitative estimate of drug-likeness (QED) is 0.503. The minimum Gasteiger partial charge on any atom is -0.355 e. The molecular weight excluding hydrogens is 368 g/mol. The molecule has 0 unspecified atom stereocenters. The average Bonchev–Trinajstić information content (AvgIpc) is 3.13. The van der Waals surface area contributed by atoms with E-state index in [0.29, 0.717) is 9.79 Å². The summed E-state index contributed by atoms with van der Waals surface area (Å²) >= 11 is 0. The molecule has 0 atom stereocenters. The Hall–Kier alpha value is -3.05. The summed E-state index contributed by atoms with van der Waals surface area (Å²) in [5.41, 5.74) is 6.04. The first-order valence-corrected chi connectivity index (χ1v) is 10.7. The van der Waals surface area contributed by atoms with Crippen LogP contribution in [-0.4, -0.2) is 27.0 Å². The van der Waals surface area contributed by atoms with E-state index in [1.807, 2.05) is 42.5 Å². The first kappa shape index (κ1) is 17.1. The summed E-state index contributed by atoms with van der Waals surface area (Å²) in [4.78, 5) is 5.28. The monoisotopic (exact) mass is 388 g/mol. The van der Waals surface area contributed by atoms with Crippen LogP contribution < -0.4 is 4.90 Å². The van der Waals surface area contributed by atoms with E-state index < -0.39 is 9.84 Å². The van der Waals surface area contributed by atoms with Gasteiger partial charge in [0.15, 0.2) is 0 Å². The number of para-hydroxylation sites is 1. The summed E-state index contributed by atoms with van der Waals surface area (Å²) in [6, 6.07) is 23.2. The summed E-state index contributed by atoms with van der Waals surface area (Å²) in [6.07, 6.45) is 0. The van der Waals surface area contributed by atoms with Crippen LogP contribution in [0.15, 0.2) is 88.3 Å². The molecule has 5 heteroatoms. The molecule has 140 valence electrons. The fraction of sp³-hybridized carbons (Fsp3) is 0.130. The Morgan fingerprint density at radius 1 is 0.821 bits per heavy atom. The van der Waals surface area contributed by atoms with Gasteiger partial charge in [0.2, 0.25) is 9.84 Å². The summed E-state index contributed by atoms with van der Waals surface area (Å²) in [7, 11) is -1.36. The van der Waals surface area contributed by atoms with Gasteiger partial charge in [-0.2, -0.15) is 0 Å². The molecule has 0 amide bonds. The number of nitrogens with zero attached hydrogens (tertiary/aromatic N) is 2. The zero-order valence-corrected chi connectivity index (χ0v) is 16.6. The van der Waals surface area contributed by atoms with Gasteiger partial charge in [0.25, 0.3) is 0 Å². The molecule has 0 N–H and O–H groups in total. The number of allylic oxidation sites excluding steroid dienone is 1. The van der Waals surface area contributed by atoms with E-state index in [0.717, 1.165) is 40.4 Å². The van der Waals surface area contributed by atoms with E-state index in [1.54, 1.807) is 18.2 Å². The third-order valence-electron chi connectivity index (χ3n) is 5.56. The molecule has 0 radical (unpaired) electrons. The van der Waals surface area contributed by atoms with Crippen LogP contribution in [0.1, 0.15) is 12.5 Å². The largest absolute Gasteiger partial charge is 0.355 e. The topological polar surface area (TPSA) is 40.6 Å². The third kappa shape index (κ3) is 2.33. The Balaban J connectivity index is 1.66. The number of sulfone groups is 1. The summed E-state index contributed by atoms with van der Waals surface area (Å²) in [6.45, 7) is 2.88. The Kier molecular flexibility index (Phi) is 3.64. The van der Waals surface area contributed by atoms with Gasteiger partial charge in [0, 0.05) is 35.1 Å². The Morgan fingerprint density at radius 2 is 1.50 bits per heavy atom. The lowest BCUT2D eigenvalue weighted by Crippen LogP contribution is -2.24. The average molecular weight is 388 g/mol. The summed E-state index contributed by atoms with van der Waals surface area (Å²) < 4.78 is 25.7. The van der Waals surface area contributed by atoms with Gasteiger partial charge in [-0.3, -0.25) is 0 Å². The van der Waals surface area contributed by atoms with Crippen molar-refractivity contribution < 1.29 is 8.42 Å². The Bertz CT molecular complexity index is 1230. The van der Waals surface area contributed by atoms with Crippen molar-refractivity contribution in [1.29, 1.82) is 0 Å². The standard InChI is InChI=1S/C23H20N2O2S/c1-16-23(24(2)15-25(16)18-8-4-3-5-9-18)17-12-13-22-20(14-17)19-10-6-7-11-21(19)28(22,26)27/h3-14H,15H2,1-2H3. The first-order chi connectivity index (χ1) is 13.5. The molecule has 0 saturated heterocycles. The van der Waals surface area contributed by atoms with Crippen molar-refractivity contribution in [1.82, 2.24) is 4.90 Å². The SMILES string of the molecule is CC1=C(c2ccc3c(c2)-c2ccccc2S3(=O)=O)N(C)CN1c1ccccc1. The predicted molar refractivity (Wildman–Crippen MR) is 111 cm³/mol. The van der Waals surface area contributed by atoms with E-state index >= 15 is 0 Å². The van der Waals surface area contributed by atoms with Gasteiger partial charge in [-0.1, -0.05) is 42.5 Å². The number of hydrogen-bond acceptors (Lipinski definition) is 4. The summed E-state index contributed by atoms with van der Waals surface area (Å²) in [5, 5.41) is 0. The van der Waals surface area contributed by atoms with Crippen molar-refractivity contribution >= 4 is 21.2 Å². The molecule has 3 aromatic rings. The van der Waals surface area contributed by atoms with Crippen LogP contribution in [0.4, 0.5) is 5.69 Å². The van der Waals surface area contributed by atoms with Crippen LogP contribution in [-0.2, 0) is 9.84 Å². The highest BCUT2D eigenvalue weighted by Gasteiger charge is 2.34.